The highest BCUT2D eigenvalue weighted by atomic mass is 16.2. The normalized spacial score (nSPS) is 29.4. The predicted octanol–water partition coefficient (Wildman–Crippen LogP) is 4.42. The maximum Gasteiger partial charge on any atom is 0.239 e. The number of nitrogens with one attached hydrogen (secondary N) is 2. The van der Waals surface area contributed by atoms with Gasteiger partial charge in [0.2, 0.25) is 11.8 Å². The molecule has 0 unspecified atom stereocenters. The van der Waals surface area contributed by atoms with Crippen LogP contribution in [0.5, 0.6) is 0 Å². The third-order valence-electron chi connectivity index (χ3n) is 7.75. The van der Waals surface area contributed by atoms with Crippen molar-refractivity contribution in [3.8, 4) is 0 Å². The maximum atomic E-state index is 13.2. The Kier molecular flexibility index (Phi) is 5.56. The zero-order valence-electron chi connectivity index (χ0n) is 18.1. The SMILES string of the molecule is O=C(CNC(=O)C12CC3CC(CC(C3)C1)C2)N[C@H](Cc1ccccc1)c1ccccc1. The Hall–Kier alpha value is -2.62. The summed E-state index contributed by atoms with van der Waals surface area (Å²) in [5.41, 5.74) is 2.04. The minimum Gasteiger partial charge on any atom is -0.347 e. The molecule has 2 aromatic carbocycles. The third kappa shape index (κ3) is 4.39. The summed E-state index contributed by atoms with van der Waals surface area (Å²) in [6, 6.07) is 20.1. The Morgan fingerprint density at radius 2 is 1.39 bits per heavy atom. The van der Waals surface area contributed by atoms with Crippen molar-refractivity contribution in [2.24, 2.45) is 23.2 Å². The Morgan fingerprint density at radius 1 is 0.839 bits per heavy atom. The fraction of sp³-hybridized carbons (Fsp3) is 0.481. The van der Waals surface area contributed by atoms with E-state index in [1.165, 1.54) is 24.8 Å². The molecule has 2 N–H and O–H groups in total. The average molecular weight is 417 g/mol. The molecule has 31 heavy (non-hydrogen) atoms. The first kappa shape index (κ1) is 20.3. The van der Waals surface area contributed by atoms with Gasteiger partial charge < -0.3 is 10.6 Å². The molecule has 4 aliphatic carbocycles. The van der Waals surface area contributed by atoms with Crippen LogP contribution in [0.25, 0.3) is 0 Å². The van der Waals surface area contributed by atoms with Crippen molar-refractivity contribution < 1.29 is 9.59 Å². The lowest BCUT2D eigenvalue weighted by atomic mass is 9.49. The Balaban J connectivity index is 1.21. The van der Waals surface area contributed by atoms with Crippen molar-refractivity contribution in [1.29, 1.82) is 0 Å². The molecule has 0 radical (unpaired) electrons. The van der Waals surface area contributed by atoms with Crippen LogP contribution in [-0.4, -0.2) is 18.4 Å². The van der Waals surface area contributed by atoms with Crippen molar-refractivity contribution >= 4 is 11.8 Å². The minimum atomic E-state index is -0.210. The molecule has 6 rings (SSSR count). The van der Waals surface area contributed by atoms with E-state index in [-0.39, 0.29) is 29.8 Å². The van der Waals surface area contributed by atoms with Gasteiger partial charge in [0.1, 0.15) is 0 Å². The first-order chi connectivity index (χ1) is 15.1. The second-order valence-electron chi connectivity index (χ2n) is 10.1. The van der Waals surface area contributed by atoms with Gasteiger partial charge in [-0.15, -0.1) is 0 Å². The summed E-state index contributed by atoms with van der Waals surface area (Å²) in [6.07, 6.45) is 7.72. The largest absolute Gasteiger partial charge is 0.347 e. The van der Waals surface area contributed by atoms with Crippen LogP contribution in [0.4, 0.5) is 0 Å². The van der Waals surface area contributed by atoms with E-state index in [2.05, 4.69) is 22.8 Å². The number of rotatable bonds is 7. The van der Waals surface area contributed by atoms with E-state index < -0.39 is 0 Å². The molecule has 0 spiro atoms. The van der Waals surface area contributed by atoms with E-state index in [9.17, 15) is 9.59 Å². The van der Waals surface area contributed by atoms with E-state index in [1.54, 1.807) is 0 Å². The lowest BCUT2D eigenvalue weighted by Crippen LogP contribution is -2.54. The van der Waals surface area contributed by atoms with E-state index in [4.69, 9.17) is 0 Å². The number of carbonyl (C=O) groups excluding carboxylic acids is 2. The molecule has 1 atom stereocenters. The van der Waals surface area contributed by atoms with Gasteiger partial charge in [0.15, 0.2) is 0 Å². The van der Waals surface area contributed by atoms with Crippen LogP contribution in [0.1, 0.15) is 55.7 Å². The molecule has 0 aromatic heterocycles. The molecule has 4 fully saturated rings. The first-order valence-corrected chi connectivity index (χ1v) is 11.8. The average Bonchev–Trinajstić information content (AvgIpc) is 2.77. The molecule has 4 nitrogen and oxygen atoms in total. The van der Waals surface area contributed by atoms with Crippen LogP contribution in [0.15, 0.2) is 60.7 Å². The standard InChI is InChI=1S/C27H32N2O2/c30-25(18-28-26(31)27-15-20-11-21(16-27)13-22(12-20)17-27)29-24(23-9-5-2-6-10-23)14-19-7-3-1-4-8-19/h1-10,20-22,24H,11-18H2,(H,28,31)(H,29,30)/t20?,21?,22?,24-,27?/m1/s1. The fourth-order valence-corrected chi connectivity index (χ4v) is 6.77. The second-order valence-corrected chi connectivity index (χ2v) is 10.1. The summed E-state index contributed by atoms with van der Waals surface area (Å²) in [4.78, 5) is 26.0. The molecule has 4 heteroatoms. The number of amides is 2. The van der Waals surface area contributed by atoms with Crippen molar-refractivity contribution in [3.63, 3.8) is 0 Å². The Bertz CT molecular complexity index is 889. The van der Waals surface area contributed by atoms with Crippen LogP contribution in [-0.2, 0) is 16.0 Å². The third-order valence-corrected chi connectivity index (χ3v) is 7.75. The highest BCUT2D eigenvalue weighted by Crippen LogP contribution is 2.60. The lowest BCUT2D eigenvalue weighted by molar-refractivity contribution is -0.147. The van der Waals surface area contributed by atoms with Crippen molar-refractivity contribution in [3.05, 3.63) is 71.8 Å². The lowest BCUT2D eigenvalue weighted by Gasteiger charge is -2.55. The molecular weight excluding hydrogens is 384 g/mol. The molecule has 4 bridgehead atoms. The van der Waals surface area contributed by atoms with E-state index in [1.807, 2.05) is 48.5 Å². The summed E-state index contributed by atoms with van der Waals surface area (Å²) in [5.74, 6) is 2.15. The Morgan fingerprint density at radius 3 is 1.97 bits per heavy atom. The summed E-state index contributed by atoms with van der Waals surface area (Å²) < 4.78 is 0. The van der Waals surface area contributed by atoms with Gasteiger partial charge in [-0.2, -0.15) is 0 Å². The molecule has 2 amide bonds. The zero-order chi connectivity index (χ0) is 21.3. The van der Waals surface area contributed by atoms with E-state index in [0.29, 0.717) is 0 Å². The van der Waals surface area contributed by atoms with Crippen molar-refractivity contribution in [2.45, 2.75) is 51.0 Å². The van der Waals surface area contributed by atoms with E-state index in [0.717, 1.165) is 49.0 Å². The van der Waals surface area contributed by atoms with Crippen molar-refractivity contribution in [2.75, 3.05) is 6.54 Å². The number of hydrogen-bond donors (Lipinski definition) is 2. The van der Waals surface area contributed by atoms with Crippen LogP contribution < -0.4 is 10.6 Å². The smallest absolute Gasteiger partial charge is 0.239 e. The molecule has 4 aliphatic rings. The van der Waals surface area contributed by atoms with Crippen LogP contribution in [0.2, 0.25) is 0 Å². The van der Waals surface area contributed by atoms with Gasteiger partial charge in [-0.1, -0.05) is 60.7 Å². The maximum absolute atomic E-state index is 13.2. The minimum absolute atomic E-state index is 0.0543. The monoisotopic (exact) mass is 416 g/mol. The Labute approximate surface area is 184 Å². The molecule has 2 aromatic rings. The fourth-order valence-electron chi connectivity index (χ4n) is 6.77. The quantitative estimate of drug-likeness (QED) is 0.702. The van der Waals surface area contributed by atoms with Gasteiger partial charge in [0.25, 0.3) is 0 Å². The predicted molar refractivity (Wildman–Crippen MR) is 121 cm³/mol. The van der Waals surface area contributed by atoms with Crippen LogP contribution >= 0.6 is 0 Å². The van der Waals surface area contributed by atoms with Crippen LogP contribution in [0.3, 0.4) is 0 Å². The molecule has 162 valence electrons. The van der Waals surface area contributed by atoms with Gasteiger partial charge in [0, 0.05) is 5.41 Å². The van der Waals surface area contributed by atoms with Gasteiger partial charge in [-0.05, 0) is 73.8 Å². The number of hydrogen-bond acceptors (Lipinski definition) is 2. The molecule has 0 aliphatic heterocycles. The second kappa shape index (κ2) is 8.49. The number of carbonyl (C=O) groups is 2. The molecule has 4 saturated carbocycles. The molecule has 0 heterocycles. The zero-order valence-corrected chi connectivity index (χ0v) is 18.1. The highest BCUT2D eigenvalue weighted by molar-refractivity contribution is 5.88. The van der Waals surface area contributed by atoms with Gasteiger partial charge in [0.05, 0.1) is 12.6 Å². The molecular formula is C27H32N2O2. The highest BCUT2D eigenvalue weighted by Gasteiger charge is 2.54. The van der Waals surface area contributed by atoms with Crippen molar-refractivity contribution in [1.82, 2.24) is 10.6 Å². The summed E-state index contributed by atoms with van der Waals surface area (Å²) in [7, 11) is 0. The summed E-state index contributed by atoms with van der Waals surface area (Å²) in [5, 5.41) is 6.17. The van der Waals surface area contributed by atoms with E-state index >= 15 is 0 Å². The van der Waals surface area contributed by atoms with Crippen LogP contribution in [0, 0.1) is 23.2 Å². The number of benzene rings is 2. The first-order valence-electron chi connectivity index (χ1n) is 11.8. The molecule has 0 saturated heterocycles. The topological polar surface area (TPSA) is 58.2 Å². The summed E-state index contributed by atoms with van der Waals surface area (Å²) >= 11 is 0. The summed E-state index contributed by atoms with van der Waals surface area (Å²) in [6.45, 7) is 0.0543. The van der Waals surface area contributed by atoms with Gasteiger partial charge in [-0.25, -0.2) is 0 Å². The van der Waals surface area contributed by atoms with Gasteiger partial charge >= 0.3 is 0 Å². The van der Waals surface area contributed by atoms with Gasteiger partial charge in [-0.3, -0.25) is 9.59 Å².